The van der Waals surface area contributed by atoms with Crippen LogP contribution in [0.2, 0.25) is 0 Å². The molecule has 0 aliphatic carbocycles. The maximum absolute atomic E-state index is 9.32. The lowest BCUT2D eigenvalue weighted by molar-refractivity contribution is 0.140. The van der Waals surface area contributed by atoms with Gasteiger partial charge in [0.25, 0.3) is 0 Å². The molecular weight excluding hydrogens is 246 g/mol. The standard InChI is InChI=1S/C18H31NO/c1-5-7-14-19(15(3)6-2)16(4)8-9-17-10-12-18(20)13-11-17/h10-13,15-16,20H,5-9,14H2,1-4H3. The Bertz CT molecular complexity index is 360. The molecule has 0 radical (unpaired) electrons. The molecule has 0 saturated carbocycles. The molecule has 0 amide bonds. The van der Waals surface area contributed by atoms with E-state index in [1.165, 1.54) is 37.8 Å². The van der Waals surface area contributed by atoms with Crippen LogP contribution in [0.25, 0.3) is 0 Å². The number of hydrogen-bond donors (Lipinski definition) is 1. The zero-order chi connectivity index (χ0) is 15.0. The quantitative estimate of drug-likeness (QED) is 0.712. The number of phenolic OH excluding ortho intramolecular Hbond substituents is 1. The molecule has 1 aromatic rings. The molecule has 114 valence electrons. The Hall–Kier alpha value is -1.02. The Morgan fingerprint density at radius 1 is 1.05 bits per heavy atom. The number of rotatable bonds is 9. The summed E-state index contributed by atoms with van der Waals surface area (Å²) in [4.78, 5) is 2.66. The summed E-state index contributed by atoms with van der Waals surface area (Å²) in [5, 5.41) is 9.32. The smallest absolute Gasteiger partial charge is 0.115 e. The van der Waals surface area contributed by atoms with Crippen molar-refractivity contribution in [3.05, 3.63) is 29.8 Å². The van der Waals surface area contributed by atoms with Crippen molar-refractivity contribution in [2.75, 3.05) is 6.54 Å². The number of phenols is 1. The van der Waals surface area contributed by atoms with Crippen LogP contribution in [0.5, 0.6) is 5.75 Å². The van der Waals surface area contributed by atoms with Gasteiger partial charge in [0, 0.05) is 12.1 Å². The van der Waals surface area contributed by atoms with Gasteiger partial charge in [0.2, 0.25) is 0 Å². The number of hydrogen-bond acceptors (Lipinski definition) is 2. The highest BCUT2D eigenvalue weighted by Gasteiger charge is 2.18. The summed E-state index contributed by atoms with van der Waals surface area (Å²) in [6, 6.07) is 8.90. The summed E-state index contributed by atoms with van der Waals surface area (Å²) < 4.78 is 0. The van der Waals surface area contributed by atoms with Crippen LogP contribution in [-0.4, -0.2) is 28.6 Å². The predicted molar refractivity (Wildman–Crippen MR) is 87.3 cm³/mol. The van der Waals surface area contributed by atoms with Crippen LogP contribution < -0.4 is 0 Å². The van der Waals surface area contributed by atoms with Crippen molar-refractivity contribution in [2.24, 2.45) is 0 Å². The van der Waals surface area contributed by atoms with Gasteiger partial charge < -0.3 is 5.11 Å². The molecule has 0 aromatic heterocycles. The third-order valence-electron chi connectivity index (χ3n) is 4.28. The Labute approximate surface area is 124 Å². The fraction of sp³-hybridized carbons (Fsp3) is 0.667. The fourth-order valence-electron chi connectivity index (χ4n) is 2.65. The molecule has 0 heterocycles. The van der Waals surface area contributed by atoms with Crippen molar-refractivity contribution in [1.29, 1.82) is 0 Å². The first-order valence-electron chi connectivity index (χ1n) is 8.12. The lowest BCUT2D eigenvalue weighted by Gasteiger charge is -2.34. The predicted octanol–water partition coefficient (Wildman–Crippen LogP) is 4.61. The third kappa shape index (κ3) is 5.54. The molecule has 0 bridgehead atoms. The SMILES string of the molecule is CCCCN(C(C)CC)C(C)CCc1ccc(O)cc1. The van der Waals surface area contributed by atoms with Crippen LogP contribution in [0.4, 0.5) is 0 Å². The van der Waals surface area contributed by atoms with Crippen LogP contribution in [0.15, 0.2) is 24.3 Å². The molecule has 20 heavy (non-hydrogen) atoms. The number of nitrogens with zero attached hydrogens (tertiary/aromatic N) is 1. The van der Waals surface area contributed by atoms with Crippen molar-refractivity contribution >= 4 is 0 Å². The van der Waals surface area contributed by atoms with Crippen molar-refractivity contribution < 1.29 is 5.11 Å². The van der Waals surface area contributed by atoms with Gasteiger partial charge in [0.1, 0.15) is 5.75 Å². The highest BCUT2D eigenvalue weighted by Crippen LogP contribution is 2.17. The molecule has 0 saturated heterocycles. The average Bonchev–Trinajstić information content (AvgIpc) is 2.46. The van der Waals surface area contributed by atoms with Crippen LogP contribution in [-0.2, 0) is 6.42 Å². The molecule has 0 spiro atoms. The van der Waals surface area contributed by atoms with E-state index in [2.05, 4.69) is 32.6 Å². The van der Waals surface area contributed by atoms with Gasteiger partial charge in [-0.1, -0.05) is 32.4 Å². The van der Waals surface area contributed by atoms with Crippen molar-refractivity contribution in [2.45, 2.75) is 71.9 Å². The van der Waals surface area contributed by atoms with Gasteiger partial charge in [0.15, 0.2) is 0 Å². The maximum Gasteiger partial charge on any atom is 0.115 e. The van der Waals surface area contributed by atoms with Crippen molar-refractivity contribution in [1.82, 2.24) is 4.90 Å². The minimum absolute atomic E-state index is 0.353. The van der Waals surface area contributed by atoms with Gasteiger partial charge in [0.05, 0.1) is 0 Å². The normalized spacial score (nSPS) is 14.4. The Morgan fingerprint density at radius 3 is 2.25 bits per heavy atom. The van der Waals surface area contributed by atoms with Crippen molar-refractivity contribution in [3.8, 4) is 5.75 Å². The number of unbranched alkanes of at least 4 members (excludes halogenated alkanes) is 1. The summed E-state index contributed by atoms with van der Waals surface area (Å²) in [7, 11) is 0. The van der Waals surface area contributed by atoms with E-state index in [0.29, 0.717) is 17.8 Å². The zero-order valence-electron chi connectivity index (χ0n) is 13.6. The summed E-state index contributed by atoms with van der Waals surface area (Å²) in [6.07, 6.45) is 6.03. The number of aromatic hydroxyl groups is 1. The van der Waals surface area contributed by atoms with E-state index in [1.54, 1.807) is 12.1 Å². The van der Waals surface area contributed by atoms with Gasteiger partial charge in [-0.05, 0) is 63.8 Å². The summed E-state index contributed by atoms with van der Waals surface area (Å²) in [5.41, 5.74) is 1.31. The highest BCUT2D eigenvalue weighted by atomic mass is 16.3. The largest absolute Gasteiger partial charge is 0.508 e. The van der Waals surface area contributed by atoms with Gasteiger partial charge >= 0.3 is 0 Å². The molecule has 1 aromatic carbocycles. The summed E-state index contributed by atoms with van der Waals surface area (Å²) >= 11 is 0. The Kier molecular flexibility index (Phi) is 7.68. The van der Waals surface area contributed by atoms with Crippen LogP contribution in [0.1, 0.15) is 58.9 Å². The van der Waals surface area contributed by atoms with E-state index < -0.39 is 0 Å². The molecule has 0 aliphatic heterocycles. The molecule has 0 aliphatic rings. The first kappa shape index (κ1) is 17.0. The van der Waals surface area contributed by atoms with Gasteiger partial charge in [-0.15, -0.1) is 0 Å². The van der Waals surface area contributed by atoms with Gasteiger partial charge in [-0.25, -0.2) is 0 Å². The lowest BCUT2D eigenvalue weighted by atomic mass is 10.0. The zero-order valence-corrected chi connectivity index (χ0v) is 13.6. The molecule has 0 fully saturated rings. The van der Waals surface area contributed by atoms with E-state index in [4.69, 9.17) is 0 Å². The lowest BCUT2D eigenvalue weighted by Crippen LogP contribution is -2.40. The van der Waals surface area contributed by atoms with E-state index in [1.807, 2.05) is 12.1 Å². The average molecular weight is 277 g/mol. The minimum Gasteiger partial charge on any atom is -0.508 e. The second-order valence-corrected chi connectivity index (χ2v) is 5.90. The van der Waals surface area contributed by atoms with E-state index in [0.717, 1.165) is 6.42 Å². The van der Waals surface area contributed by atoms with Crippen molar-refractivity contribution in [3.63, 3.8) is 0 Å². The first-order valence-corrected chi connectivity index (χ1v) is 8.12. The Balaban J connectivity index is 2.52. The highest BCUT2D eigenvalue weighted by molar-refractivity contribution is 5.25. The molecule has 1 N–H and O–H groups in total. The summed E-state index contributed by atoms with van der Waals surface area (Å²) in [6.45, 7) is 10.4. The van der Waals surface area contributed by atoms with Crippen LogP contribution in [0.3, 0.4) is 0 Å². The molecular formula is C18H31NO. The van der Waals surface area contributed by atoms with Crippen LogP contribution in [0, 0.1) is 0 Å². The van der Waals surface area contributed by atoms with E-state index in [9.17, 15) is 5.11 Å². The number of benzene rings is 1. The molecule has 1 rings (SSSR count). The number of aryl methyl sites for hydroxylation is 1. The van der Waals surface area contributed by atoms with E-state index >= 15 is 0 Å². The topological polar surface area (TPSA) is 23.5 Å². The first-order chi connectivity index (χ1) is 9.58. The second-order valence-electron chi connectivity index (χ2n) is 5.90. The van der Waals surface area contributed by atoms with E-state index in [-0.39, 0.29) is 0 Å². The Morgan fingerprint density at radius 2 is 1.70 bits per heavy atom. The monoisotopic (exact) mass is 277 g/mol. The molecule has 2 heteroatoms. The second kappa shape index (κ2) is 9.02. The maximum atomic E-state index is 9.32. The molecule has 2 nitrogen and oxygen atoms in total. The van der Waals surface area contributed by atoms with Crippen LogP contribution >= 0.6 is 0 Å². The van der Waals surface area contributed by atoms with Gasteiger partial charge in [-0.3, -0.25) is 4.90 Å². The minimum atomic E-state index is 0.353. The fourth-order valence-corrected chi connectivity index (χ4v) is 2.65. The third-order valence-corrected chi connectivity index (χ3v) is 4.28. The molecule has 2 atom stereocenters. The van der Waals surface area contributed by atoms with Gasteiger partial charge in [-0.2, -0.15) is 0 Å². The molecule has 2 unspecified atom stereocenters. The summed E-state index contributed by atoms with van der Waals surface area (Å²) in [5.74, 6) is 0.353.